The molecule has 0 radical (unpaired) electrons. The molecule has 2 aliphatic heterocycles. The van der Waals surface area contributed by atoms with Crippen molar-refractivity contribution in [1.82, 2.24) is 19.6 Å². The van der Waals surface area contributed by atoms with Gasteiger partial charge in [0.2, 0.25) is 5.91 Å². The molecule has 1 aromatic carbocycles. The number of nitrogens with zero attached hydrogens (tertiary/aromatic N) is 4. The molecule has 0 bridgehead atoms. The fourth-order valence-electron chi connectivity index (χ4n) is 5.01. The molecule has 5 nitrogen and oxygen atoms in total. The largest absolute Gasteiger partial charge is 0.343 e. The van der Waals surface area contributed by atoms with Crippen LogP contribution in [0, 0.1) is 5.41 Å². The van der Waals surface area contributed by atoms with Gasteiger partial charge in [-0.3, -0.25) is 9.48 Å². The molecule has 1 amide bonds. The van der Waals surface area contributed by atoms with Gasteiger partial charge in [0, 0.05) is 51.5 Å². The van der Waals surface area contributed by atoms with Gasteiger partial charge in [-0.05, 0) is 49.3 Å². The molecule has 2 aromatic rings. The quantitative estimate of drug-likeness (QED) is 0.835. The summed E-state index contributed by atoms with van der Waals surface area (Å²) in [7, 11) is 2.25. The number of hydrogen-bond donors (Lipinski definition) is 0. The van der Waals surface area contributed by atoms with Crippen LogP contribution >= 0.6 is 0 Å². The Kier molecular flexibility index (Phi) is 5.30. The Morgan fingerprint density at radius 2 is 1.96 bits per heavy atom. The van der Waals surface area contributed by atoms with Crippen LogP contribution in [0.2, 0.25) is 0 Å². The third kappa shape index (κ3) is 4.24. The predicted molar refractivity (Wildman–Crippen MR) is 106 cm³/mol. The third-order valence-electron chi connectivity index (χ3n) is 6.38. The summed E-state index contributed by atoms with van der Waals surface area (Å²) in [5, 5.41) is 4.19. The van der Waals surface area contributed by atoms with Crippen LogP contribution in [-0.2, 0) is 11.3 Å². The van der Waals surface area contributed by atoms with E-state index in [0.717, 1.165) is 39.0 Å². The monoisotopic (exact) mass is 366 g/mol. The zero-order valence-corrected chi connectivity index (χ0v) is 16.3. The van der Waals surface area contributed by atoms with Crippen molar-refractivity contribution in [2.24, 2.45) is 5.41 Å². The van der Waals surface area contributed by atoms with Gasteiger partial charge in [-0.1, -0.05) is 30.3 Å². The van der Waals surface area contributed by atoms with E-state index < -0.39 is 0 Å². The van der Waals surface area contributed by atoms with Gasteiger partial charge in [-0.25, -0.2) is 0 Å². The number of piperidine rings is 2. The van der Waals surface area contributed by atoms with Gasteiger partial charge in [0.15, 0.2) is 0 Å². The lowest BCUT2D eigenvalue weighted by molar-refractivity contribution is -0.134. The van der Waals surface area contributed by atoms with E-state index in [1.54, 1.807) is 6.20 Å². The summed E-state index contributed by atoms with van der Waals surface area (Å²) in [5.41, 5.74) is 1.81. The fraction of sp³-hybridized carbons (Fsp3) is 0.545. The summed E-state index contributed by atoms with van der Waals surface area (Å²) in [5.74, 6) is 0.871. The van der Waals surface area contributed by atoms with Gasteiger partial charge in [0.25, 0.3) is 0 Å². The molecule has 0 saturated carbocycles. The molecular weight excluding hydrogens is 336 g/mol. The summed E-state index contributed by atoms with van der Waals surface area (Å²) in [4.78, 5) is 17.2. The van der Waals surface area contributed by atoms with Crippen LogP contribution in [0.15, 0.2) is 48.8 Å². The Morgan fingerprint density at radius 3 is 2.67 bits per heavy atom. The molecular formula is C22H30N4O. The van der Waals surface area contributed by atoms with Gasteiger partial charge >= 0.3 is 0 Å². The van der Waals surface area contributed by atoms with E-state index >= 15 is 0 Å². The van der Waals surface area contributed by atoms with Crippen LogP contribution in [0.4, 0.5) is 0 Å². The van der Waals surface area contributed by atoms with E-state index in [4.69, 9.17) is 0 Å². The summed E-state index contributed by atoms with van der Waals surface area (Å²) in [6, 6.07) is 12.8. The van der Waals surface area contributed by atoms with Crippen molar-refractivity contribution in [2.45, 2.75) is 38.1 Å². The first-order chi connectivity index (χ1) is 13.1. The average molecular weight is 367 g/mol. The third-order valence-corrected chi connectivity index (χ3v) is 6.38. The molecule has 144 valence electrons. The Hall–Kier alpha value is -2.14. The number of likely N-dealkylation sites (N-methyl/N-ethyl adjacent to an activating group) is 1. The number of aromatic nitrogens is 2. The molecule has 5 heteroatoms. The van der Waals surface area contributed by atoms with Gasteiger partial charge in [-0.15, -0.1) is 0 Å². The highest BCUT2D eigenvalue weighted by Gasteiger charge is 2.41. The molecule has 1 atom stereocenters. The van der Waals surface area contributed by atoms with Crippen LogP contribution in [0.3, 0.4) is 0 Å². The van der Waals surface area contributed by atoms with Crippen LogP contribution in [0.25, 0.3) is 0 Å². The molecule has 27 heavy (non-hydrogen) atoms. The van der Waals surface area contributed by atoms with Crippen molar-refractivity contribution in [2.75, 3.05) is 33.2 Å². The summed E-state index contributed by atoms with van der Waals surface area (Å²) in [6.45, 7) is 4.76. The molecule has 1 spiro atoms. The van der Waals surface area contributed by atoms with Crippen LogP contribution in [0.1, 0.15) is 37.2 Å². The van der Waals surface area contributed by atoms with E-state index in [-0.39, 0.29) is 5.91 Å². The first kappa shape index (κ1) is 18.2. The number of benzene rings is 1. The average Bonchev–Trinajstić information content (AvgIpc) is 3.20. The lowest BCUT2D eigenvalue weighted by atomic mass is 9.68. The van der Waals surface area contributed by atoms with Crippen LogP contribution in [-0.4, -0.2) is 58.7 Å². The molecule has 2 saturated heterocycles. The minimum Gasteiger partial charge on any atom is -0.343 e. The van der Waals surface area contributed by atoms with Crippen molar-refractivity contribution in [3.8, 4) is 0 Å². The second-order valence-corrected chi connectivity index (χ2v) is 8.41. The first-order valence-electron chi connectivity index (χ1n) is 10.1. The van der Waals surface area contributed by atoms with Crippen LogP contribution in [0.5, 0.6) is 0 Å². The highest BCUT2D eigenvalue weighted by molar-refractivity contribution is 5.76. The SMILES string of the molecule is CN1C[C@H](c2ccccc2)CC2(CCN(C(=O)CCn3cccn3)CC2)C1. The maximum Gasteiger partial charge on any atom is 0.224 e. The Bertz CT molecular complexity index is 735. The van der Waals surface area contributed by atoms with E-state index in [2.05, 4.69) is 52.3 Å². The maximum absolute atomic E-state index is 12.6. The van der Waals surface area contributed by atoms with E-state index in [1.807, 2.05) is 16.9 Å². The minimum atomic E-state index is 0.268. The smallest absolute Gasteiger partial charge is 0.224 e. The van der Waals surface area contributed by atoms with E-state index in [1.165, 1.54) is 12.0 Å². The second kappa shape index (κ2) is 7.85. The Balaban J connectivity index is 1.35. The number of carbonyl (C=O) groups excluding carboxylic acids is 1. The Labute approximate surface area is 162 Å². The first-order valence-corrected chi connectivity index (χ1v) is 10.1. The van der Waals surface area contributed by atoms with Crippen molar-refractivity contribution in [3.05, 3.63) is 54.4 Å². The number of hydrogen-bond acceptors (Lipinski definition) is 3. The fourth-order valence-corrected chi connectivity index (χ4v) is 5.01. The molecule has 0 N–H and O–H groups in total. The topological polar surface area (TPSA) is 41.4 Å². The van der Waals surface area contributed by atoms with E-state index in [0.29, 0.717) is 24.3 Å². The molecule has 0 aliphatic carbocycles. The lowest BCUT2D eigenvalue weighted by Gasteiger charge is -2.49. The van der Waals surface area contributed by atoms with E-state index in [9.17, 15) is 4.79 Å². The zero-order valence-electron chi connectivity index (χ0n) is 16.3. The number of aryl methyl sites for hydroxylation is 1. The molecule has 3 heterocycles. The molecule has 0 unspecified atom stereocenters. The number of carbonyl (C=O) groups is 1. The predicted octanol–water partition coefficient (Wildman–Crippen LogP) is 3.00. The zero-order chi connectivity index (χ0) is 18.7. The van der Waals surface area contributed by atoms with Gasteiger partial charge in [0.05, 0.1) is 0 Å². The maximum atomic E-state index is 12.6. The number of rotatable bonds is 4. The van der Waals surface area contributed by atoms with Gasteiger partial charge in [0.1, 0.15) is 0 Å². The van der Waals surface area contributed by atoms with Crippen LogP contribution < -0.4 is 0 Å². The second-order valence-electron chi connectivity index (χ2n) is 8.41. The minimum absolute atomic E-state index is 0.268. The van der Waals surface area contributed by atoms with Crippen molar-refractivity contribution in [1.29, 1.82) is 0 Å². The lowest BCUT2D eigenvalue weighted by Crippen LogP contribution is -2.51. The van der Waals surface area contributed by atoms with Gasteiger partial charge in [-0.2, -0.15) is 5.10 Å². The summed E-state index contributed by atoms with van der Waals surface area (Å²) < 4.78 is 1.84. The molecule has 2 fully saturated rings. The number of amides is 1. The highest BCUT2D eigenvalue weighted by atomic mass is 16.2. The van der Waals surface area contributed by atoms with Crippen molar-refractivity contribution in [3.63, 3.8) is 0 Å². The normalized spacial score (nSPS) is 22.9. The standard InChI is InChI=1S/C22H30N4O/c1-24-17-20(19-6-3-2-4-7-19)16-22(18-24)9-14-25(15-10-22)21(27)8-13-26-12-5-11-23-26/h2-7,11-12,20H,8-10,13-18H2,1H3/t20-/m1/s1. The Morgan fingerprint density at radius 1 is 1.19 bits per heavy atom. The van der Waals surface area contributed by atoms with Crippen molar-refractivity contribution < 1.29 is 4.79 Å². The molecule has 1 aromatic heterocycles. The van der Waals surface area contributed by atoms with Crippen molar-refractivity contribution >= 4 is 5.91 Å². The highest BCUT2D eigenvalue weighted by Crippen LogP contribution is 2.44. The summed E-state index contributed by atoms with van der Waals surface area (Å²) in [6.07, 6.45) is 7.71. The molecule has 4 rings (SSSR count). The number of likely N-dealkylation sites (tertiary alicyclic amines) is 2. The molecule has 2 aliphatic rings. The summed E-state index contributed by atoms with van der Waals surface area (Å²) >= 11 is 0. The van der Waals surface area contributed by atoms with Gasteiger partial charge < -0.3 is 9.80 Å².